The van der Waals surface area contributed by atoms with E-state index in [0.29, 0.717) is 11.8 Å². The van der Waals surface area contributed by atoms with Gasteiger partial charge in [0.1, 0.15) is 5.82 Å². The summed E-state index contributed by atoms with van der Waals surface area (Å²) < 4.78 is 18.9. The zero-order valence-electron chi connectivity index (χ0n) is 16.7. The molecule has 2 fully saturated rings. The predicted molar refractivity (Wildman–Crippen MR) is 115 cm³/mol. The number of aromatic nitrogens is 2. The van der Waals surface area contributed by atoms with Gasteiger partial charge in [-0.05, 0) is 54.7 Å². The van der Waals surface area contributed by atoms with Crippen LogP contribution in [0, 0.1) is 5.82 Å². The lowest BCUT2D eigenvalue weighted by atomic mass is 9.95. The van der Waals surface area contributed by atoms with Crippen molar-refractivity contribution in [3.63, 3.8) is 0 Å². The zero-order valence-corrected chi connectivity index (χ0v) is 17.5. The van der Waals surface area contributed by atoms with Crippen LogP contribution in [0.15, 0.2) is 53.1 Å². The SMILES string of the molecule is Fc1ccc(C2(c3noc(N4CCN(CCc5ccc(Cl)cc5)CC4)n3)CC2)cc1. The molecule has 2 aliphatic rings. The van der Waals surface area contributed by atoms with Crippen molar-refractivity contribution in [1.29, 1.82) is 0 Å². The maximum absolute atomic E-state index is 13.3. The van der Waals surface area contributed by atoms with Crippen molar-refractivity contribution in [2.75, 3.05) is 37.6 Å². The summed E-state index contributed by atoms with van der Waals surface area (Å²) in [6.07, 6.45) is 2.95. The molecular weight excluding hydrogens is 403 g/mol. The lowest BCUT2D eigenvalue weighted by Gasteiger charge is -2.33. The molecule has 0 amide bonds. The Morgan fingerprint density at radius 3 is 2.33 bits per heavy atom. The van der Waals surface area contributed by atoms with Crippen molar-refractivity contribution in [2.45, 2.75) is 24.7 Å². The van der Waals surface area contributed by atoms with E-state index in [1.165, 1.54) is 17.7 Å². The van der Waals surface area contributed by atoms with Gasteiger partial charge in [0.05, 0.1) is 5.41 Å². The van der Waals surface area contributed by atoms with Gasteiger partial charge < -0.3 is 9.42 Å². The molecule has 0 bridgehead atoms. The molecule has 0 unspecified atom stereocenters. The van der Waals surface area contributed by atoms with Crippen molar-refractivity contribution in [1.82, 2.24) is 15.0 Å². The minimum absolute atomic E-state index is 0.212. The van der Waals surface area contributed by atoms with Gasteiger partial charge in [-0.3, -0.25) is 4.90 Å². The highest BCUT2D eigenvalue weighted by molar-refractivity contribution is 6.30. The van der Waals surface area contributed by atoms with Gasteiger partial charge in [-0.25, -0.2) is 4.39 Å². The number of nitrogens with zero attached hydrogens (tertiary/aromatic N) is 4. The molecule has 5 nitrogen and oxygen atoms in total. The molecule has 0 N–H and O–H groups in total. The van der Waals surface area contributed by atoms with Gasteiger partial charge in [0.15, 0.2) is 5.82 Å². The third-order valence-corrected chi connectivity index (χ3v) is 6.51. The van der Waals surface area contributed by atoms with E-state index in [9.17, 15) is 4.39 Å². The maximum atomic E-state index is 13.3. The van der Waals surface area contributed by atoms with E-state index >= 15 is 0 Å². The second-order valence-electron chi connectivity index (χ2n) is 8.19. The van der Waals surface area contributed by atoms with Gasteiger partial charge in [-0.2, -0.15) is 4.98 Å². The molecule has 1 aliphatic carbocycles. The highest BCUT2D eigenvalue weighted by Gasteiger charge is 2.50. The van der Waals surface area contributed by atoms with Crippen molar-refractivity contribution in [2.24, 2.45) is 0 Å². The molecule has 30 heavy (non-hydrogen) atoms. The normalized spacial score (nSPS) is 18.5. The van der Waals surface area contributed by atoms with Crippen LogP contribution in [0.2, 0.25) is 5.02 Å². The molecule has 2 heterocycles. The molecule has 0 radical (unpaired) electrons. The quantitative estimate of drug-likeness (QED) is 0.587. The summed E-state index contributed by atoms with van der Waals surface area (Å²) in [6, 6.07) is 15.3. The average molecular weight is 427 g/mol. The number of hydrogen-bond acceptors (Lipinski definition) is 5. The number of anilines is 1. The Morgan fingerprint density at radius 2 is 1.67 bits per heavy atom. The van der Waals surface area contributed by atoms with Crippen molar-refractivity contribution in [3.05, 3.63) is 76.3 Å². The monoisotopic (exact) mass is 426 g/mol. The first kappa shape index (κ1) is 19.5. The zero-order chi connectivity index (χ0) is 20.6. The largest absolute Gasteiger partial charge is 0.324 e. The lowest BCUT2D eigenvalue weighted by Crippen LogP contribution is -2.47. The van der Waals surface area contributed by atoms with Crippen LogP contribution in [-0.4, -0.2) is 47.8 Å². The Kier molecular flexibility index (Phi) is 5.21. The standard InChI is InChI=1S/C23H24ClFN4O/c24-19-5-1-17(2-6-19)9-12-28-13-15-29(16-14-28)22-26-21(27-30-22)23(10-11-23)18-3-7-20(25)8-4-18/h1-8H,9-16H2. The van der Waals surface area contributed by atoms with Gasteiger partial charge in [0.2, 0.25) is 0 Å². The Morgan fingerprint density at radius 1 is 0.967 bits per heavy atom. The molecule has 0 atom stereocenters. The lowest BCUT2D eigenvalue weighted by molar-refractivity contribution is 0.253. The topological polar surface area (TPSA) is 45.4 Å². The Balaban J connectivity index is 1.18. The summed E-state index contributed by atoms with van der Waals surface area (Å²) in [5, 5.41) is 5.06. The third kappa shape index (κ3) is 3.94. The smallest absolute Gasteiger partial charge is 0.322 e. The molecule has 7 heteroatoms. The van der Waals surface area contributed by atoms with E-state index in [1.807, 2.05) is 24.3 Å². The minimum Gasteiger partial charge on any atom is -0.322 e. The fourth-order valence-corrected chi connectivity index (χ4v) is 4.30. The van der Waals surface area contributed by atoms with Gasteiger partial charge in [-0.15, -0.1) is 0 Å². The van der Waals surface area contributed by atoms with Gasteiger partial charge in [-0.1, -0.05) is 41.0 Å². The van der Waals surface area contributed by atoms with E-state index in [4.69, 9.17) is 21.1 Å². The van der Waals surface area contributed by atoms with Crippen LogP contribution < -0.4 is 4.90 Å². The molecule has 156 valence electrons. The van der Waals surface area contributed by atoms with E-state index in [2.05, 4.69) is 27.1 Å². The molecule has 2 aromatic carbocycles. The fraction of sp³-hybridized carbons (Fsp3) is 0.391. The van der Waals surface area contributed by atoms with E-state index < -0.39 is 0 Å². The highest BCUT2D eigenvalue weighted by Crippen LogP contribution is 2.52. The Labute approximate surface area is 180 Å². The van der Waals surface area contributed by atoms with Crippen LogP contribution in [0.5, 0.6) is 0 Å². The third-order valence-electron chi connectivity index (χ3n) is 6.26. The van der Waals surface area contributed by atoms with E-state index in [0.717, 1.165) is 62.6 Å². The van der Waals surface area contributed by atoms with Crippen LogP contribution in [-0.2, 0) is 11.8 Å². The molecule has 3 aromatic rings. The number of benzene rings is 2. The summed E-state index contributed by atoms with van der Waals surface area (Å²) in [5.74, 6) is 0.492. The van der Waals surface area contributed by atoms with Crippen LogP contribution in [0.25, 0.3) is 0 Å². The second kappa shape index (κ2) is 8.00. The Hall–Kier alpha value is -2.44. The van der Waals surface area contributed by atoms with Crippen molar-refractivity contribution in [3.8, 4) is 0 Å². The molecule has 0 spiro atoms. The molecule has 1 aliphatic heterocycles. The van der Waals surface area contributed by atoms with Crippen LogP contribution in [0.4, 0.5) is 10.4 Å². The average Bonchev–Trinajstić information content (AvgIpc) is 3.43. The summed E-state index contributed by atoms with van der Waals surface area (Å²) in [4.78, 5) is 9.34. The minimum atomic E-state index is -0.225. The summed E-state index contributed by atoms with van der Waals surface area (Å²) in [5.41, 5.74) is 2.15. The molecule has 1 saturated heterocycles. The van der Waals surface area contributed by atoms with Gasteiger partial charge in [0, 0.05) is 37.7 Å². The maximum Gasteiger partial charge on any atom is 0.324 e. The van der Waals surface area contributed by atoms with Crippen molar-refractivity contribution >= 4 is 17.6 Å². The van der Waals surface area contributed by atoms with Crippen LogP contribution >= 0.6 is 11.6 Å². The molecule has 1 saturated carbocycles. The van der Waals surface area contributed by atoms with E-state index in [-0.39, 0.29) is 11.2 Å². The summed E-state index contributed by atoms with van der Waals surface area (Å²) in [7, 11) is 0. The molecular formula is C23H24ClFN4O. The summed E-state index contributed by atoms with van der Waals surface area (Å²) in [6.45, 7) is 4.69. The van der Waals surface area contributed by atoms with Gasteiger partial charge in [0.25, 0.3) is 0 Å². The van der Waals surface area contributed by atoms with E-state index in [1.54, 1.807) is 0 Å². The van der Waals surface area contributed by atoms with Crippen LogP contribution in [0.3, 0.4) is 0 Å². The Bertz CT molecular complexity index is 993. The fourth-order valence-electron chi connectivity index (χ4n) is 4.17. The first-order valence-corrected chi connectivity index (χ1v) is 10.8. The summed E-state index contributed by atoms with van der Waals surface area (Å²) >= 11 is 5.96. The number of halogens is 2. The second-order valence-corrected chi connectivity index (χ2v) is 8.63. The van der Waals surface area contributed by atoms with Crippen molar-refractivity contribution < 1.29 is 8.91 Å². The van der Waals surface area contributed by atoms with Crippen LogP contribution in [0.1, 0.15) is 29.8 Å². The number of piperazine rings is 1. The molecule has 1 aromatic heterocycles. The molecule has 5 rings (SSSR count). The first-order valence-electron chi connectivity index (χ1n) is 10.4. The number of hydrogen-bond donors (Lipinski definition) is 0. The predicted octanol–water partition coefficient (Wildman–Crippen LogP) is 4.31. The van der Waals surface area contributed by atoms with Gasteiger partial charge >= 0.3 is 6.01 Å². The number of rotatable bonds is 6. The first-order chi connectivity index (χ1) is 14.6. The highest BCUT2D eigenvalue weighted by atomic mass is 35.5.